The van der Waals surface area contributed by atoms with Gasteiger partial charge in [0.05, 0.1) is 0 Å². The molecule has 0 aromatic carbocycles. The molecule has 1 heterocycles. The van der Waals surface area contributed by atoms with E-state index >= 15 is 0 Å². The van der Waals surface area contributed by atoms with Gasteiger partial charge in [0.15, 0.2) is 0 Å². The number of piperidine rings is 1. The van der Waals surface area contributed by atoms with Gasteiger partial charge in [0.2, 0.25) is 11.8 Å². The fourth-order valence-corrected chi connectivity index (χ4v) is 2.80. The molecule has 0 saturated carbocycles. The smallest absolute Gasteiger partial charge is 0.242 e. The van der Waals surface area contributed by atoms with E-state index in [4.69, 9.17) is 0 Å². The Morgan fingerprint density at radius 3 is 2.65 bits per heavy atom. The number of rotatable bonds is 7. The maximum absolute atomic E-state index is 12.3. The fraction of sp³-hybridized carbons (Fsp3) is 0.857. The largest absolute Gasteiger partial charge is 0.353 e. The number of amides is 2. The normalized spacial score (nSPS) is 19.0. The van der Waals surface area contributed by atoms with Crippen molar-refractivity contribution in [2.24, 2.45) is 5.92 Å². The molecule has 20 heavy (non-hydrogen) atoms. The lowest BCUT2D eigenvalue weighted by Crippen LogP contribution is -2.52. The molecular weight excluding hydrogens is 276 g/mol. The van der Waals surface area contributed by atoms with E-state index < -0.39 is 10.8 Å². The van der Waals surface area contributed by atoms with Gasteiger partial charge in [-0.1, -0.05) is 13.8 Å². The zero-order chi connectivity index (χ0) is 15.1. The van der Waals surface area contributed by atoms with E-state index in [1.165, 1.54) is 0 Å². The summed E-state index contributed by atoms with van der Waals surface area (Å²) in [4.78, 5) is 26.0. The molecule has 1 aliphatic rings. The van der Waals surface area contributed by atoms with Crippen LogP contribution in [0.15, 0.2) is 0 Å². The van der Waals surface area contributed by atoms with Gasteiger partial charge in [-0.2, -0.15) is 0 Å². The number of nitrogens with zero attached hydrogens (tertiary/aromatic N) is 1. The highest BCUT2D eigenvalue weighted by atomic mass is 32.2. The zero-order valence-electron chi connectivity index (χ0n) is 12.7. The highest BCUT2D eigenvalue weighted by molar-refractivity contribution is 7.84. The first-order valence-corrected chi connectivity index (χ1v) is 9.01. The number of hydrogen-bond acceptors (Lipinski definition) is 3. The number of likely N-dealkylation sites (tertiary alicyclic amines) is 1. The molecule has 5 nitrogen and oxygen atoms in total. The van der Waals surface area contributed by atoms with Crippen LogP contribution in [0.25, 0.3) is 0 Å². The van der Waals surface area contributed by atoms with Gasteiger partial charge >= 0.3 is 0 Å². The number of hydrogen-bond donors (Lipinski definition) is 1. The summed E-state index contributed by atoms with van der Waals surface area (Å²) in [6.45, 7) is 5.17. The molecule has 1 saturated heterocycles. The van der Waals surface area contributed by atoms with Crippen molar-refractivity contribution in [2.45, 2.75) is 45.6 Å². The summed E-state index contributed by atoms with van der Waals surface area (Å²) in [6.07, 6.45) is 4.71. The third-order valence-corrected chi connectivity index (χ3v) is 4.20. The van der Waals surface area contributed by atoms with E-state index in [-0.39, 0.29) is 17.9 Å². The highest BCUT2D eigenvalue weighted by Crippen LogP contribution is 2.19. The van der Waals surface area contributed by atoms with Crippen LogP contribution in [-0.2, 0) is 20.4 Å². The maximum Gasteiger partial charge on any atom is 0.242 e. The summed E-state index contributed by atoms with van der Waals surface area (Å²) >= 11 is 0. The summed E-state index contributed by atoms with van der Waals surface area (Å²) in [5.41, 5.74) is 0. The molecule has 1 aliphatic heterocycles. The lowest BCUT2D eigenvalue weighted by molar-refractivity contribution is -0.143. The molecule has 1 fully saturated rings. The highest BCUT2D eigenvalue weighted by Gasteiger charge is 2.31. The first-order valence-electron chi connectivity index (χ1n) is 7.29. The number of carbonyl (C=O) groups excluding carboxylic acids is 2. The molecule has 1 rings (SSSR count). The van der Waals surface area contributed by atoms with E-state index in [2.05, 4.69) is 19.2 Å². The monoisotopic (exact) mass is 302 g/mol. The van der Waals surface area contributed by atoms with Gasteiger partial charge in [-0.3, -0.25) is 13.8 Å². The minimum absolute atomic E-state index is 0.0797. The van der Waals surface area contributed by atoms with Crippen molar-refractivity contribution in [2.75, 3.05) is 25.1 Å². The molecule has 0 unspecified atom stereocenters. The number of carbonyl (C=O) groups is 2. The predicted molar refractivity (Wildman–Crippen MR) is 80.8 cm³/mol. The van der Waals surface area contributed by atoms with E-state index in [9.17, 15) is 13.8 Å². The fourth-order valence-electron chi connectivity index (χ4n) is 2.41. The van der Waals surface area contributed by atoms with Crippen LogP contribution >= 0.6 is 0 Å². The standard InChI is InChI=1S/C14H26N2O3S/c1-11(2)10-12(14(18)15-7-9-20(3)19)16-8-5-4-6-13(16)17/h11-12H,4-10H2,1-3H3,(H,15,18)/t12-,20+/m0/s1. The lowest BCUT2D eigenvalue weighted by atomic mass is 9.98. The Balaban J connectivity index is 2.64. The molecule has 0 spiro atoms. The SMILES string of the molecule is CC(C)C[C@@H](C(=O)NCC[S@@](C)=O)N1CCCCC1=O. The molecule has 0 bridgehead atoms. The van der Waals surface area contributed by atoms with Crippen molar-refractivity contribution >= 4 is 22.6 Å². The Hall–Kier alpha value is -0.910. The van der Waals surface area contributed by atoms with Crippen molar-refractivity contribution in [1.82, 2.24) is 10.2 Å². The lowest BCUT2D eigenvalue weighted by Gasteiger charge is -2.34. The molecule has 2 amide bonds. The van der Waals surface area contributed by atoms with Crippen LogP contribution in [0.4, 0.5) is 0 Å². The van der Waals surface area contributed by atoms with Gasteiger partial charge < -0.3 is 10.2 Å². The Labute approximate surface area is 123 Å². The molecule has 1 N–H and O–H groups in total. The minimum Gasteiger partial charge on any atom is -0.353 e. The summed E-state index contributed by atoms with van der Waals surface area (Å²) in [7, 11) is -0.913. The Bertz CT molecular complexity index is 371. The van der Waals surface area contributed by atoms with Gasteiger partial charge in [-0.15, -0.1) is 0 Å². The molecule has 2 atom stereocenters. The molecule has 116 valence electrons. The summed E-state index contributed by atoms with van der Waals surface area (Å²) < 4.78 is 11.0. The Kier molecular flexibility index (Phi) is 7.19. The minimum atomic E-state index is -0.913. The van der Waals surface area contributed by atoms with Crippen molar-refractivity contribution in [1.29, 1.82) is 0 Å². The number of nitrogens with one attached hydrogen (secondary N) is 1. The molecule has 6 heteroatoms. The van der Waals surface area contributed by atoms with Crippen LogP contribution in [0.3, 0.4) is 0 Å². The van der Waals surface area contributed by atoms with Crippen molar-refractivity contribution < 1.29 is 13.8 Å². The molecule has 0 aromatic rings. The average Bonchev–Trinajstić information content (AvgIpc) is 2.36. The summed E-state index contributed by atoms with van der Waals surface area (Å²) in [5, 5.41) is 2.81. The topological polar surface area (TPSA) is 66.5 Å². The zero-order valence-corrected chi connectivity index (χ0v) is 13.5. The summed E-state index contributed by atoms with van der Waals surface area (Å²) in [5.74, 6) is 0.768. The maximum atomic E-state index is 12.3. The second-order valence-corrected chi connectivity index (χ2v) is 7.31. The van der Waals surface area contributed by atoms with Crippen molar-refractivity contribution in [3.05, 3.63) is 0 Å². The van der Waals surface area contributed by atoms with Gasteiger partial charge in [0.25, 0.3) is 0 Å². The molecular formula is C14H26N2O3S. The first-order chi connectivity index (χ1) is 9.41. The van der Waals surface area contributed by atoms with Crippen LogP contribution in [0.5, 0.6) is 0 Å². The van der Waals surface area contributed by atoms with Crippen LogP contribution < -0.4 is 5.32 Å². The predicted octanol–water partition coefficient (Wildman–Crippen LogP) is 0.908. The van der Waals surface area contributed by atoms with E-state index in [1.807, 2.05) is 0 Å². The second kappa shape index (κ2) is 8.39. The van der Waals surface area contributed by atoms with Crippen LogP contribution in [0, 0.1) is 5.92 Å². The molecule has 0 aliphatic carbocycles. The Morgan fingerprint density at radius 2 is 2.10 bits per heavy atom. The van der Waals surface area contributed by atoms with Gasteiger partial charge in [-0.25, -0.2) is 0 Å². The van der Waals surface area contributed by atoms with Gasteiger partial charge in [0, 0.05) is 42.3 Å². The van der Waals surface area contributed by atoms with E-state index in [1.54, 1.807) is 11.2 Å². The average molecular weight is 302 g/mol. The van der Waals surface area contributed by atoms with Crippen LogP contribution in [-0.4, -0.2) is 52.1 Å². The molecule has 0 aromatic heterocycles. The molecule has 0 radical (unpaired) electrons. The summed E-state index contributed by atoms with van der Waals surface area (Å²) in [6, 6.07) is -0.381. The second-order valence-electron chi connectivity index (χ2n) is 5.76. The third-order valence-electron chi connectivity index (χ3n) is 3.42. The van der Waals surface area contributed by atoms with Crippen molar-refractivity contribution in [3.8, 4) is 0 Å². The first kappa shape index (κ1) is 17.1. The van der Waals surface area contributed by atoms with Gasteiger partial charge in [-0.05, 0) is 25.2 Å². The Morgan fingerprint density at radius 1 is 1.40 bits per heavy atom. The van der Waals surface area contributed by atoms with Crippen LogP contribution in [0.1, 0.15) is 39.5 Å². The van der Waals surface area contributed by atoms with E-state index in [0.29, 0.717) is 37.6 Å². The quantitative estimate of drug-likeness (QED) is 0.760. The van der Waals surface area contributed by atoms with Crippen LogP contribution in [0.2, 0.25) is 0 Å². The van der Waals surface area contributed by atoms with Crippen molar-refractivity contribution in [3.63, 3.8) is 0 Å². The van der Waals surface area contributed by atoms with Gasteiger partial charge in [0.1, 0.15) is 6.04 Å². The van der Waals surface area contributed by atoms with E-state index in [0.717, 1.165) is 12.8 Å². The third kappa shape index (κ3) is 5.61.